The van der Waals surface area contributed by atoms with Gasteiger partial charge in [-0.2, -0.15) is 21.4 Å². The Balaban J connectivity index is 0.00000280. The number of allylic oxidation sites excluding steroid dienone is 8. The second-order valence-electron chi connectivity index (χ2n) is 15.0. The van der Waals surface area contributed by atoms with Crippen LogP contribution in [0.1, 0.15) is 65.9 Å². The van der Waals surface area contributed by atoms with Crippen molar-refractivity contribution in [2.45, 2.75) is 64.2 Å². The van der Waals surface area contributed by atoms with Crippen LogP contribution in [-0.2, 0) is 31.1 Å². The summed E-state index contributed by atoms with van der Waals surface area (Å²) in [7, 11) is -8.02. The third-order valence-corrected chi connectivity index (χ3v) is 12.1. The smallest absolute Gasteiger partial charge is 1.00 e. The molecule has 0 radical (unpaired) electrons. The normalized spacial score (nSPS) is 17.1. The van der Waals surface area contributed by atoms with Gasteiger partial charge >= 0.3 is 29.6 Å². The van der Waals surface area contributed by atoms with E-state index in [1.807, 2.05) is 42.5 Å². The van der Waals surface area contributed by atoms with Crippen molar-refractivity contribution in [3.05, 3.63) is 132 Å². The summed E-state index contributed by atoms with van der Waals surface area (Å²) in [6, 6.07) is 25.3. The molecule has 0 aromatic heterocycles. The Morgan fingerprint density at radius 3 is 1.85 bits per heavy atom. The minimum absolute atomic E-state index is 0. The number of benzene rings is 4. The van der Waals surface area contributed by atoms with E-state index in [2.05, 4.69) is 110 Å². The largest absolute Gasteiger partial charge is 1.00 e. The van der Waals surface area contributed by atoms with Crippen LogP contribution in [0.4, 0.5) is 11.4 Å². The van der Waals surface area contributed by atoms with Crippen LogP contribution in [0.5, 0.6) is 0 Å². The van der Waals surface area contributed by atoms with Crippen molar-refractivity contribution in [3.8, 4) is 0 Å². The number of anilines is 1. The summed E-state index contributed by atoms with van der Waals surface area (Å²) in [6.07, 6.45) is 16.3. The van der Waals surface area contributed by atoms with Crippen LogP contribution in [-0.4, -0.2) is 66.3 Å². The van der Waals surface area contributed by atoms with Gasteiger partial charge in [0.25, 0.3) is 20.2 Å². The van der Waals surface area contributed by atoms with Crippen LogP contribution in [0.25, 0.3) is 21.5 Å². The summed E-state index contributed by atoms with van der Waals surface area (Å²) < 4.78 is 66.3. The Hall–Kier alpha value is -3.39. The van der Waals surface area contributed by atoms with E-state index in [0.29, 0.717) is 38.8 Å². The molecule has 2 aliphatic heterocycles. The molecule has 0 spiro atoms. The SMILES string of the molecule is CC1(C)C(=CC=CC=CC=CC2=[N+](CCCCS(=O)(=O)O)c3ccc4ccccc4c3C2(C)C)N(CCCCS(=O)(=O)O)c2ccc3ccccc3c21.[H-].[Na+].[OH-]. The maximum atomic E-state index is 11.4. The summed E-state index contributed by atoms with van der Waals surface area (Å²) in [5, 5.41) is 4.75. The van der Waals surface area contributed by atoms with Gasteiger partial charge in [0.1, 0.15) is 6.54 Å². The van der Waals surface area contributed by atoms with E-state index in [9.17, 15) is 25.9 Å². The standard InChI is InChI=1S/C43H48N2O6S2.Na.H2O.H/c1-42(2)38(44(28-14-16-30-52(46,47)48)36-26-24-32-18-10-12-20-34(32)40(36)42)22-8-6-5-7-9-23-39-43(3,4)41-35-21-13-11-19-33(35)25-27-37(41)45(39)29-15-17-31-53(49,50)51;;;/h5-13,18-27H,14-17,28-31H2,1-4H3,(H-,46,47,48,49,50,51);;1H2;/q;+1;;-1. The maximum Gasteiger partial charge on any atom is 1.00 e. The fourth-order valence-electron chi connectivity index (χ4n) is 8.15. The first kappa shape index (κ1) is 44.3. The molecule has 0 bridgehead atoms. The van der Waals surface area contributed by atoms with Crippen molar-refractivity contribution in [3.63, 3.8) is 0 Å². The molecule has 0 aliphatic carbocycles. The van der Waals surface area contributed by atoms with Gasteiger partial charge in [-0.05, 0) is 78.4 Å². The van der Waals surface area contributed by atoms with Gasteiger partial charge in [0, 0.05) is 47.5 Å². The molecule has 0 amide bonds. The number of nitrogens with zero attached hydrogens (tertiary/aromatic N) is 2. The van der Waals surface area contributed by atoms with Gasteiger partial charge in [-0.25, -0.2) is 0 Å². The number of hydrogen-bond acceptors (Lipinski definition) is 6. The van der Waals surface area contributed by atoms with Crippen molar-refractivity contribution in [1.29, 1.82) is 0 Å². The second-order valence-corrected chi connectivity index (χ2v) is 18.1. The monoisotopic (exact) mass is 794 g/mol. The van der Waals surface area contributed by atoms with Gasteiger partial charge < -0.3 is 11.8 Å². The third-order valence-electron chi connectivity index (χ3n) is 10.5. The number of unbranched alkanes of at least 4 members (excludes halogenated alkanes) is 2. The van der Waals surface area contributed by atoms with E-state index in [1.165, 1.54) is 32.7 Å². The fraction of sp³-hybridized carbons (Fsp3) is 0.326. The molecule has 4 aromatic carbocycles. The Labute approximate surface area is 349 Å². The van der Waals surface area contributed by atoms with Crippen LogP contribution < -0.4 is 34.5 Å². The predicted molar refractivity (Wildman–Crippen MR) is 221 cm³/mol. The first-order chi connectivity index (χ1) is 25.1. The minimum atomic E-state index is -4.01. The van der Waals surface area contributed by atoms with Crippen LogP contribution in [0.3, 0.4) is 0 Å². The minimum Gasteiger partial charge on any atom is -1.00 e. The van der Waals surface area contributed by atoms with Crippen LogP contribution in [0, 0.1) is 0 Å². The van der Waals surface area contributed by atoms with Crippen molar-refractivity contribution >= 4 is 58.9 Å². The van der Waals surface area contributed by atoms with Crippen LogP contribution in [0.15, 0.2) is 121 Å². The molecule has 55 heavy (non-hydrogen) atoms. The molecule has 4 aromatic rings. The molecule has 9 nitrogen and oxygen atoms in total. The molecule has 0 saturated heterocycles. The zero-order chi connectivity index (χ0) is 38.0. The van der Waals surface area contributed by atoms with E-state index in [1.54, 1.807) is 0 Å². The van der Waals surface area contributed by atoms with Gasteiger partial charge in [0.15, 0.2) is 5.71 Å². The Morgan fingerprint density at radius 2 is 1.22 bits per heavy atom. The molecule has 288 valence electrons. The molecule has 0 atom stereocenters. The average molecular weight is 795 g/mol. The average Bonchev–Trinajstić information content (AvgIpc) is 3.45. The van der Waals surface area contributed by atoms with Crippen molar-refractivity contribution in [2.24, 2.45) is 0 Å². The van der Waals surface area contributed by atoms with E-state index in [4.69, 9.17) is 0 Å². The third kappa shape index (κ3) is 9.77. The van der Waals surface area contributed by atoms with Gasteiger partial charge in [0.2, 0.25) is 5.69 Å². The molecule has 2 heterocycles. The summed E-state index contributed by atoms with van der Waals surface area (Å²) in [5.41, 5.74) is 6.36. The number of fused-ring (bicyclic) bond motifs is 6. The van der Waals surface area contributed by atoms with Gasteiger partial charge in [-0.1, -0.05) is 98.8 Å². The van der Waals surface area contributed by atoms with E-state index in [0.717, 1.165) is 22.8 Å². The molecule has 0 unspecified atom stereocenters. The van der Waals surface area contributed by atoms with Gasteiger partial charge in [0.05, 0.1) is 16.9 Å². The van der Waals surface area contributed by atoms with E-state index >= 15 is 0 Å². The van der Waals surface area contributed by atoms with Gasteiger partial charge in [-0.3, -0.25) is 9.11 Å². The maximum absolute atomic E-state index is 11.4. The zero-order valence-electron chi connectivity index (χ0n) is 33.3. The number of hydrogen-bond donors (Lipinski definition) is 2. The van der Waals surface area contributed by atoms with E-state index < -0.39 is 20.2 Å². The second kappa shape index (κ2) is 17.8. The molecular weight excluding hydrogens is 744 g/mol. The van der Waals surface area contributed by atoms with Crippen molar-refractivity contribution in [1.82, 2.24) is 0 Å². The van der Waals surface area contributed by atoms with Crippen LogP contribution >= 0.6 is 0 Å². The molecule has 12 heteroatoms. The number of rotatable bonds is 14. The Bertz CT molecular complexity index is 2440. The molecule has 0 saturated carbocycles. The summed E-state index contributed by atoms with van der Waals surface area (Å²) in [4.78, 5) is 2.28. The Kier molecular flexibility index (Phi) is 14.4. The zero-order valence-corrected chi connectivity index (χ0v) is 35.9. The van der Waals surface area contributed by atoms with E-state index in [-0.39, 0.29) is 58.8 Å². The summed E-state index contributed by atoms with van der Waals surface area (Å²) in [5.74, 6) is -0.506. The van der Waals surface area contributed by atoms with Crippen molar-refractivity contribution < 1.29 is 67.0 Å². The molecule has 2 aliphatic rings. The molecule has 0 fully saturated rings. The predicted octanol–water partition coefficient (Wildman–Crippen LogP) is 6.00. The molecular formula is C43H51N2NaO7S2. The molecule has 3 N–H and O–H groups in total. The fourth-order valence-corrected chi connectivity index (χ4v) is 9.28. The van der Waals surface area contributed by atoms with Gasteiger partial charge in [-0.15, -0.1) is 0 Å². The summed E-state index contributed by atoms with van der Waals surface area (Å²) in [6.45, 7) is 10.2. The quantitative estimate of drug-likeness (QED) is 0.0521. The Morgan fingerprint density at radius 1 is 0.673 bits per heavy atom. The van der Waals surface area contributed by atoms with Crippen LogP contribution in [0.2, 0.25) is 0 Å². The first-order valence-electron chi connectivity index (χ1n) is 18.2. The summed E-state index contributed by atoms with van der Waals surface area (Å²) >= 11 is 0. The molecule has 6 rings (SSSR count). The first-order valence-corrected chi connectivity index (χ1v) is 21.4. The van der Waals surface area contributed by atoms with Crippen molar-refractivity contribution in [2.75, 3.05) is 29.5 Å². The topological polar surface area (TPSA) is 145 Å².